The van der Waals surface area contributed by atoms with E-state index in [1.54, 1.807) is 0 Å². The highest BCUT2D eigenvalue weighted by Crippen LogP contribution is 2.31. The van der Waals surface area contributed by atoms with Crippen LogP contribution in [0, 0.1) is 5.92 Å². The molecule has 2 aliphatic rings. The number of carbonyl (C=O) groups excluding carboxylic acids is 1. The molecule has 0 radical (unpaired) electrons. The maximum atomic E-state index is 12.6. The summed E-state index contributed by atoms with van der Waals surface area (Å²) in [5, 5.41) is 12.4. The normalized spacial score (nSPS) is 19.2. The molecule has 2 aromatic carbocycles. The minimum absolute atomic E-state index is 0.106. The number of fused-ring (bicyclic) bond motifs is 1. The monoisotopic (exact) mass is 377 g/mol. The topological polar surface area (TPSA) is 64.9 Å². The van der Waals surface area contributed by atoms with E-state index in [-0.39, 0.29) is 12.5 Å². The van der Waals surface area contributed by atoms with Gasteiger partial charge in [0.25, 0.3) is 5.91 Å². The van der Waals surface area contributed by atoms with Crippen molar-refractivity contribution in [3.8, 4) is 11.1 Å². The Bertz CT molecular complexity index is 855. The van der Waals surface area contributed by atoms with Gasteiger partial charge in [-0.15, -0.1) is 0 Å². The van der Waals surface area contributed by atoms with Gasteiger partial charge in [-0.1, -0.05) is 24.3 Å². The molecular formula is C23H27N3O2. The molecule has 5 heteroatoms. The van der Waals surface area contributed by atoms with Crippen molar-refractivity contribution in [3.05, 3.63) is 53.6 Å². The number of aliphatic hydroxyl groups is 1. The zero-order chi connectivity index (χ0) is 19.3. The van der Waals surface area contributed by atoms with Crippen LogP contribution in [0.1, 0.15) is 28.8 Å². The molecule has 28 heavy (non-hydrogen) atoms. The van der Waals surface area contributed by atoms with Gasteiger partial charge in [-0.2, -0.15) is 0 Å². The van der Waals surface area contributed by atoms with Gasteiger partial charge in [0.2, 0.25) is 0 Å². The number of carbonyl (C=O) groups is 1. The van der Waals surface area contributed by atoms with Crippen molar-refractivity contribution < 1.29 is 9.90 Å². The number of piperazine rings is 1. The standard InChI is InChI=1S/C23H27N3O2/c27-14-9-17-1-2-19-5-8-21(15-22(19)25-16-17)18-3-6-20(7-4-18)23(28)26-12-10-24-11-13-26/h3-8,15-17,24,27H,1-2,9-14H2. The van der Waals surface area contributed by atoms with Crippen LogP contribution in [0.15, 0.2) is 47.5 Å². The van der Waals surface area contributed by atoms with Crippen LogP contribution in [-0.4, -0.2) is 54.9 Å². The molecular weight excluding hydrogens is 350 g/mol. The Balaban J connectivity index is 1.52. The molecule has 1 fully saturated rings. The maximum Gasteiger partial charge on any atom is 0.253 e. The molecule has 0 aromatic heterocycles. The van der Waals surface area contributed by atoms with Gasteiger partial charge in [-0.3, -0.25) is 9.79 Å². The summed E-state index contributed by atoms with van der Waals surface area (Å²) in [4.78, 5) is 19.2. The third kappa shape index (κ3) is 4.16. The summed E-state index contributed by atoms with van der Waals surface area (Å²) in [6, 6.07) is 14.3. The summed E-state index contributed by atoms with van der Waals surface area (Å²) in [6.07, 6.45) is 4.77. The third-order valence-corrected chi connectivity index (χ3v) is 5.66. The van der Waals surface area contributed by atoms with E-state index in [0.717, 1.165) is 67.8 Å². The van der Waals surface area contributed by atoms with Gasteiger partial charge >= 0.3 is 0 Å². The number of amides is 1. The molecule has 2 aliphatic heterocycles. The SMILES string of the molecule is O=C(c1ccc(-c2ccc3c(c2)N=CC(CCO)CC3)cc1)N1CCNCC1. The summed E-state index contributed by atoms with van der Waals surface area (Å²) >= 11 is 0. The Morgan fingerprint density at radius 3 is 2.61 bits per heavy atom. The number of aryl methyl sites for hydroxylation is 1. The molecule has 1 saturated heterocycles. The molecule has 0 saturated carbocycles. The first-order valence-corrected chi connectivity index (χ1v) is 10.1. The number of nitrogens with zero attached hydrogens (tertiary/aromatic N) is 2. The van der Waals surface area contributed by atoms with E-state index >= 15 is 0 Å². The van der Waals surface area contributed by atoms with Gasteiger partial charge in [0.05, 0.1) is 5.69 Å². The van der Waals surface area contributed by atoms with E-state index in [2.05, 4.69) is 28.5 Å². The van der Waals surface area contributed by atoms with E-state index in [1.165, 1.54) is 5.56 Å². The number of hydrogen-bond donors (Lipinski definition) is 2. The fourth-order valence-corrected chi connectivity index (χ4v) is 3.92. The Morgan fingerprint density at radius 2 is 1.86 bits per heavy atom. The molecule has 2 heterocycles. The number of hydrogen-bond acceptors (Lipinski definition) is 4. The molecule has 1 unspecified atom stereocenters. The lowest BCUT2D eigenvalue weighted by molar-refractivity contribution is 0.0736. The second kappa shape index (κ2) is 8.67. The molecule has 5 nitrogen and oxygen atoms in total. The first-order chi connectivity index (χ1) is 13.7. The lowest BCUT2D eigenvalue weighted by Crippen LogP contribution is -2.46. The van der Waals surface area contributed by atoms with Crippen molar-refractivity contribution in [1.29, 1.82) is 0 Å². The zero-order valence-corrected chi connectivity index (χ0v) is 16.1. The van der Waals surface area contributed by atoms with E-state index in [9.17, 15) is 9.90 Å². The Hall–Kier alpha value is -2.50. The summed E-state index contributed by atoms with van der Waals surface area (Å²) in [6.45, 7) is 3.45. The lowest BCUT2D eigenvalue weighted by Gasteiger charge is -2.27. The minimum Gasteiger partial charge on any atom is -0.396 e. The van der Waals surface area contributed by atoms with Crippen LogP contribution in [0.5, 0.6) is 0 Å². The van der Waals surface area contributed by atoms with Crippen molar-refractivity contribution in [1.82, 2.24) is 10.2 Å². The molecule has 0 aliphatic carbocycles. The van der Waals surface area contributed by atoms with Crippen molar-refractivity contribution in [2.24, 2.45) is 10.9 Å². The fourth-order valence-electron chi connectivity index (χ4n) is 3.92. The van der Waals surface area contributed by atoms with Crippen molar-refractivity contribution >= 4 is 17.8 Å². The van der Waals surface area contributed by atoms with E-state index < -0.39 is 0 Å². The largest absolute Gasteiger partial charge is 0.396 e. The number of rotatable bonds is 4. The second-order valence-corrected chi connectivity index (χ2v) is 7.55. The van der Waals surface area contributed by atoms with Crippen LogP contribution in [0.2, 0.25) is 0 Å². The first-order valence-electron chi connectivity index (χ1n) is 10.1. The van der Waals surface area contributed by atoms with Crippen LogP contribution < -0.4 is 5.32 Å². The molecule has 1 amide bonds. The van der Waals surface area contributed by atoms with Gasteiger partial charge < -0.3 is 15.3 Å². The van der Waals surface area contributed by atoms with Crippen molar-refractivity contribution in [2.45, 2.75) is 19.3 Å². The fraction of sp³-hybridized carbons (Fsp3) is 0.391. The zero-order valence-electron chi connectivity index (χ0n) is 16.1. The molecule has 2 aromatic rings. The number of aliphatic hydroxyl groups excluding tert-OH is 1. The number of benzene rings is 2. The van der Waals surface area contributed by atoms with Gasteiger partial charge in [0.1, 0.15) is 0 Å². The number of nitrogens with one attached hydrogen (secondary N) is 1. The molecule has 2 N–H and O–H groups in total. The average Bonchev–Trinajstić information content (AvgIpc) is 2.96. The van der Waals surface area contributed by atoms with E-state index in [4.69, 9.17) is 0 Å². The summed E-state index contributed by atoms with van der Waals surface area (Å²) < 4.78 is 0. The Labute approximate surface area is 166 Å². The molecule has 4 rings (SSSR count). The van der Waals surface area contributed by atoms with Gasteiger partial charge in [0.15, 0.2) is 0 Å². The van der Waals surface area contributed by atoms with Crippen molar-refractivity contribution in [2.75, 3.05) is 32.8 Å². The minimum atomic E-state index is 0.106. The highest BCUT2D eigenvalue weighted by molar-refractivity contribution is 5.94. The van der Waals surface area contributed by atoms with Crippen LogP contribution in [0.3, 0.4) is 0 Å². The predicted octanol–water partition coefficient (Wildman–Crippen LogP) is 3.05. The molecule has 0 bridgehead atoms. The summed E-state index contributed by atoms with van der Waals surface area (Å²) in [7, 11) is 0. The Morgan fingerprint density at radius 1 is 1.11 bits per heavy atom. The maximum absolute atomic E-state index is 12.6. The van der Waals surface area contributed by atoms with Crippen LogP contribution in [0.4, 0.5) is 5.69 Å². The van der Waals surface area contributed by atoms with Gasteiger partial charge in [0, 0.05) is 44.6 Å². The van der Waals surface area contributed by atoms with Crippen LogP contribution in [0.25, 0.3) is 11.1 Å². The highest BCUT2D eigenvalue weighted by Gasteiger charge is 2.18. The van der Waals surface area contributed by atoms with E-state index in [0.29, 0.717) is 5.92 Å². The summed E-state index contributed by atoms with van der Waals surface area (Å²) in [5.41, 5.74) is 5.21. The third-order valence-electron chi connectivity index (χ3n) is 5.66. The predicted molar refractivity (Wildman–Crippen MR) is 112 cm³/mol. The Kier molecular flexibility index (Phi) is 5.84. The lowest BCUT2D eigenvalue weighted by atomic mass is 9.96. The van der Waals surface area contributed by atoms with Crippen LogP contribution in [-0.2, 0) is 6.42 Å². The second-order valence-electron chi connectivity index (χ2n) is 7.55. The van der Waals surface area contributed by atoms with Crippen molar-refractivity contribution in [3.63, 3.8) is 0 Å². The highest BCUT2D eigenvalue weighted by atomic mass is 16.3. The molecule has 0 spiro atoms. The molecule has 1 atom stereocenters. The smallest absolute Gasteiger partial charge is 0.253 e. The summed E-state index contributed by atoms with van der Waals surface area (Å²) in [5.74, 6) is 0.450. The molecule has 146 valence electrons. The average molecular weight is 377 g/mol. The van der Waals surface area contributed by atoms with Gasteiger partial charge in [-0.05, 0) is 60.1 Å². The van der Waals surface area contributed by atoms with E-state index in [1.807, 2.05) is 35.4 Å². The van der Waals surface area contributed by atoms with Gasteiger partial charge in [-0.25, -0.2) is 0 Å². The first kappa shape index (κ1) is 18.8. The quantitative estimate of drug-likeness (QED) is 0.861. The number of aliphatic imine (C=N–C) groups is 1. The van der Waals surface area contributed by atoms with Crippen LogP contribution >= 0.6 is 0 Å².